The van der Waals surface area contributed by atoms with E-state index in [0.717, 1.165) is 4.47 Å². The number of carbonyl (C=O) groups excluding carboxylic acids is 1. The van der Waals surface area contributed by atoms with Crippen LogP contribution >= 0.6 is 15.9 Å². The summed E-state index contributed by atoms with van der Waals surface area (Å²) in [5.74, 6) is -0.0653. The lowest BCUT2D eigenvalue weighted by Gasteiger charge is -2.32. The first-order valence-electron chi connectivity index (χ1n) is 7.52. The highest BCUT2D eigenvalue weighted by molar-refractivity contribution is 9.10. The van der Waals surface area contributed by atoms with Crippen LogP contribution in [0.25, 0.3) is 0 Å². The zero-order valence-corrected chi connectivity index (χ0v) is 14.3. The maximum atomic E-state index is 12.1. The molecule has 2 aromatic rings. The summed E-state index contributed by atoms with van der Waals surface area (Å²) in [7, 11) is 0. The molecule has 126 valence electrons. The summed E-state index contributed by atoms with van der Waals surface area (Å²) >= 11 is 3.35. The summed E-state index contributed by atoms with van der Waals surface area (Å²) in [6, 6.07) is 10.6. The van der Waals surface area contributed by atoms with E-state index >= 15 is 0 Å². The normalized spacial score (nSPS) is 19.4. The molecular formula is C17H16BrNO5. The van der Waals surface area contributed by atoms with Crippen molar-refractivity contribution in [1.82, 2.24) is 5.32 Å². The second kappa shape index (κ2) is 7.09. The van der Waals surface area contributed by atoms with Crippen molar-refractivity contribution in [3.8, 4) is 5.75 Å². The molecule has 1 aliphatic carbocycles. The van der Waals surface area contributed by atoms with Gasteiger partial charge in [0.2, 0.25) is 0 Å². The van der Waals surface area contributed by atoms with Crippen LogP contribution in [0.5, 0.6) is 5.75 Å². The van der Waals surface area contributed by atoms with Crippen LogP contribution in [0, 0.1) is 5.92 Å². The Hall–Kier alpha value is -2.28. The lowest BCUT2D eigenvalue weighted by Crippen LogP contribution is -2.46. The number of hydrogen-bond donors (Lipinski definition) is 2. The van der Waals surface area contributed by atoms with Gasteiger partial charge in [-0.05, 0) is 49.2 Å². The standard InChI is InChI=1S/C17H16BrNO5/c18-11-1-3-13(4-2-11)23-9-14-5-6-15(24-14)16(20)19-12-7-10(8-12)17(21)22/h1-6,10,12H,7-9H2,(H,19,20)(H,21,22). The van der Waals surface area contributed by atoms with Crippen LogP contribution < -0.4 is 10.1 Å². The number of carboxylic acid groups (broad SMARTS) is 1. The molecule has 0 bridgehead atoms. The summed E-state index contributed by atoms with van der Waals surface area (Å²) < 4.78 is 12.0. The van der Waals surface area contributed by atoms with Crippen molar-refractivity contribution in [2.75, 3.05) is 0 Å². The van der Waals surface area contributed by atoms with Crippen LogP contribution in [-0.4, -0.2) is 23.0 Å². The average Bonchev–Trinajstić information content (AvgIpc) is 2.98. The number of rotatable bonds is 6. The monoisotopic (exact) mass is 393 g/mol. The molecule has 2 N–H and O–H groups in total. The van der Waals surface area contributed by atoms with Gasteiger partial charge >= 0.3 is 5.97 Å². The van der Waals surface area contributed by atoms with Gasteiger partial charge < -0.3 is 19.6 Å². The molecule has 24 heavy (non-hydrogen) atoms. The molecule has 0 aliphatic heterocycles. The van der Waals surface area contributed by atoms with Crippen LogP contribution in [0.2, 0.25) is 0 Å². The molecule has 1 saturated carbocycles. The van der Waals surface area contributed by atoms with Gasteiger partial charge in [-0.2, -0.15) is 0 Å². The van der Waals surface area contributed by atoms with Gasteiger partial charge in [0, 0.05) is 10.5 Å². The molecule has 1 amide bonds. The molecule has 0 radical (unpaired) electrons. The molecule has 0 saturated heterocycles. The van der Waals surface area contributed by atoms with E-state index in [1.165, 1.54) is 0 Å². The fraction of sp³-hybridized carbons (Fsp3) is 0.294. The minimum atomic E-state index is -0.814. The van der Waals surface area contributed by atoms with E-state index in [1.54, 1.807) is 12.1 Å². The quantitative estimate of drug-likeness (QED) is 0.786. The van der Waals surface area contributed by atoms with E-state index in [2.05, 4.69) is 21.2 Å². The molecule has 1 aromatic heterocycles. The highest BCUT2D eigenvalue weighted by atomic mass is 79.9. The third kappa shape index (κ3) is 3.97. The van der Waals surface area contributed by atoms with Gasteiger partial charge in [0.1, 0.15) is 18.1 Å². The zero-order chi connectivity index (χ0) is 17.1. The number of halogens is 1. The predicted molar refractivity (Wildman–Crippen MR) is 88.8 cm³/mol. The lowest BCUT2D eigenvalue weighted by atomic mass is 9.80. The van der Waals surface area contributed by atoms with Crippen LogP contribution in [-0.2, 0) is 11.4 Å². The van der Waals surface area contributed by atoms with Crippen LogP contribution in [0.15, 0.2) is 45.3 Å². The minimum absolute atomic E-state index is 0.105. The largest absolute Gasteiger partial charge is 0.486 e. The Morgan fingerprint density at radius 2 is 1.92 bits per heavy atom. The van der Waals surface area contributed by atoms with Crippen LogP contribution in [0.4, 0.5) is 0 Å². The second-order valence-corrected chi connectivity index (χ2v) is 6.60. The summed E-state index contributed by atoms with van der Waals surface area (Å²) in [5, 5.41) is 11.6. The third-order valence-electron chi connectivity index (χ3n) is 3.90. The summed E-state index contributed by atoms with van der Waals surface area (Å²) in [6.07, 6.45) is 0.919. The predicted octanol–water partition coefficient (Wildman–Crippen LogP) is 3.21. The number of benzene rings is 1. The number of carboxylic acids is 1. The van der Waals surface area contributed by atoms with Gasteiger partial charge in [-0.3, -0.25) is 9.59 Å². The maximum absolute atomic E-state index is 12.1. The van der Waals surface area contributed by atoms with Gasteiger partial charge in [-0.15, -0.1) is 0 Å². The van der Waals surface area contributed by atoms with E-state index in [9.17, 15) is 9.59 Å². The van der Waals surface area contributed by atoms with Gasteiger partial charge in [0.05, 0.1) is 5.92 Å². The SMILES string of the molecule is O=C(NC1CC(C(=O)O)C1)c1ccc(COc2ccc(Br)cc2)o1. The Morgan fingerprint density at radius 3 is 2.58 bits per heavy atom. The molecule has 1 fully saturated rings. The van der Waals surface area contributed by atoms with Gasteiger partial charge in [-0.1, -0.05) is 15.9 Å². The topological polar surface area (TPSA) is 88.8 Å². The van der Waals surface area contributed by atoms with Crippen molar-refractivity contribution in [2.45, 2.75) is 25.5 Å². The Labute approximate surface area is 146 Å². The van der Waals surface area contributed by atoms with E-state index in [0.29, 0.717) is 24.4 Å². The van der Waals surface area contributed by atoms with Gasteiger partial charge in [0.15, 0.2) is 5.76 Å². The van der Waals surface area contributed by atoms with E-state index in [1.807, 2.05) is 24.3 Å². The third-order valence-corrected chi connectivity index (χ3v) is 4.43. The molecule has 0 spiro atoms. The Balaban J connectivity index is 1.49. The molecule has 0 atom stereocenters. The number of nitrogens with one attached hydrogen (secondary N) is 1. The van der Waals surface area contributed by atoms with Crippen molar-refractivity contribution in [2.24, 2.45) is 5.92 Å². The average molecular weight is 394 g/mol. The van der Waals surface area contributed by atoms with Crippen LogP contribution in [0.1, 0.15) is 29.2 Å². The molecule has 1 aliphatic rings. The highest BCUT2D eigenvalue weighted by Gasteiger charge is 2.35. The molecule has 3 rings (SSSR count). The number of furan rings is 1. The van der Waals surface area contributed by atoms with Crippen molar-refractivity contribution >= 4 is 27.8 Å². The minimum Gasteiger partial charge on any atom is -0.486 e. The highest BCUT2D eigenvalue weighted by Crippen LogP contribution is 2.27. The van der Waals surface area contributed by atoms with E-state index in [-0.39, 0.29) is 30.2 Å². The van der Waals surface area contributed by atoms with Crippen molar-refractivity contribution < 1.29 is 23.8 Å². The number of carbonyl (C=O) groups is 2. The van der Waals surface area contributed by atoms with Crippen LogP contribution in [0.3, 0.4) is 0 Å². The first-order chi connectivity index (χ1) is 11.5. The fourth-order valence-electron chi connectivity index (χ4n) is 2.46. The van der Waals surface area contributed by atoms with Crippen molar-refractivity contribution in [1.29, 1.82) is 0 Å². The summed E-state index contributed by atoms with van der Waals surface area (Å²) in [6.45, 7) is 0.222. The Morgan fingerprint density at radius 1 is 1.21 bits per heavy atom. The second-order valence-electron chi connectivity index (χ2n) is 5.69. The molecular weight excluding hydrogens is 378 g/mol. The summed E-state index contributed by atoms with van der Waals surface area (Å²) in [4.78, 5) is 22.8. The smallest absolute Gasteiger partial charge is 0.306 e. The number of hydrogen-bond acceptors (Lipinski definition) is 4. The van der Waals surface area contributed by atoms with Crippen molar-refractivity contribution in [3.05, 3.63) is 52.4 Å². The molecule has 7 heteroatoms. The lowest BCUT2D eigenvalue weighted by molar-refractivity contribution is -0.145. The molecule has 1 heterocycles. The Bertz CT molecular complexity index is 734. The zero-order valence-electron chi connectivity index (χ0n) is 12.7. The van der Waals surface area contributed by atoms with Gasteiger partial charge in [-0.25, -0.2) is 0 Å². The first-order valence-corrected chi connectivity index (χ1v) is 8.31. The molecule has 1 aromatic carbocycles. The Kier molecular flexibility index (Phi) is 4.89. The molecule has 6 nitrogen and oxygen atoms in total. The van der Waals surface area contributed by atoms with Crippen molar-refractivity contribution in [3.63, 3.8) is 0 Å². The summed E-state index contributed by atoms with van der Waals surface area (Å²) in [5.41, 5.74) is 0. The van der Waals surface area contributed by atoms with Gasteiger partial charge in [0.25, 0.3) is 5.91 Å². The number of ether oxygens (including phenoxy) is 1. The van der Waals surface area contributed by atoms with E-state index < -0.39 is 5.97 Å². The fourth-order valence-corrected chi connectivity index (χ4v) is 2.72. The first kappa shape index (κ1) is 16.6. The number of aliphatic carboxylic acids is 1. The molecule has 0 unspecified atom stereocenters. The van der Waals surface area contributed by atoms with E-state index in [4.69, 9.17) is 14.3 Å². The maximum Gasteiger partial charge on any atom is 0.306 e. The number of amides is 1.